The van der Waals surface area contributed by atoms with Gasteiger partial charge in [0.05, 0.1) is 29.0 Å². The highest BCUT2D eigenvalue weighted by Gasteiger charge is 2.22. The van der Waals surface area contributed by atoms with Crippen LogP contribution in [0.4, 0.5) is 0 Å². The highest BCUT2D eigenvalue weighted by molar-refractivity contribution is 6.30. The van der Waals surface area contributed by atoms with E-state index in [2.05, 4.69) is 56.8 Å². The molecule has 0 spiro atoms. The number of hydrogen-bond acceptors (Lipinski definition) is 3. The van der Waals surface area contributed by atoms with Crippen LogP contribution in [0.5, 0.6) is 0 Å². The second-order valence-corrected chi connectivity index (χ2v) is 7.26. The lowest BCUT2D eigenvalue weighted by Gasteiger charge is -2.10. The first kappa shape index (κ1) is 16.8. The predicted molar refractivity (Wildman–Crippen MR) is 108 cm³/mol. The zero-order valence-electron chi connectivity index (χ0n) is 15.2. The molecule has 0 N–H and O–H groups in total. The number of fused-ring (bicyclic) bond motifs is 5. The van der Waals surface area contributed by atoms with Crippen LogP contribution in [-0.2, 0) is 12.8 Å². The summed E-state index contributed by atoms with van der Waals surface area (Å²) in [6, 6.07) is 14.1. The van der Waals surface area contributed by atoms with Gasteiger partial charge < -0.3 is 0 Å². The van der Waals surface area contributed by atoms with Gasteiger partial charge in [0.1, 0.15) is 12.0 Å². The zero-order valence-corrected chi connectivity index (χ0v) is 16.0. The van der Waals surface area contributed by atoms with Crippen LogP contribution in [0.25, 0.3) is 11.4 Å². The number of aryl methyl sites for hydroxylation is 1. The second-order valence-electron chi connectivity index (χ2n) is 6.82. The summed E-state index contributed by atoms with van der Waals surface area (Å²) in [4.78, 5) is 4.58. The average Bonchev–Trinajstić information content (AvgIpc) is 3.27. The number of aromatic nitrogens is 5. The minimum atomic E-state index is 0.627. The van der Waals surface area contributed by atoms with Crippen molar-refractivity contribution in [2.45, 2.75) is 19.8 Å². The van der Waals surface area contributed by atoms with E-state index in [-0.39, 0.29) is 0 Å². The molecule has 0 unspecified atom stereocenters. The van der Waals surface area contributed by atoms with Crippen LogP contribution in [0.15, 0.2) is 55.0 Å². The fourth-order valence-corrected chi connectivity index (χ4v) is 3.70. The Morgan fingerprint density at radius 1 is 1.14 bits per heavy atom. The van der Waals surface area contributed by atoms with Crippen molar-refractivity contribution in [3.05, 3.63) is 88.2 Å². The molecule has 1 aliphatic heterocycles. The van der Waals surface area contributed by atoms with Gasteiger partial charge in [0, 0.05) is 17.9 Å². The molecule has 136 valence electrons. The van der Waals surface area contributed by atoms with E-state index in [4.69, 9.17) is 11.6 Å². The Morgan fingerprint density at radius 3 is 2.96 bits per heavy atom. The molecule has 5 nitrogen and oxygen atoms in total. The maximum Gasteiger partial charge on any atom is 0.135 e. The quantitative estimate of drug-likeness (QED) is 0.411. The third-order valence-electron chi connectivity index (χ3n) is 4.84. The molecular weight excluding hydrogens is 370 g/mol. The molecule has 1 aliphatic rings. The molecule has 6 heteroatoms. The Morgan fingerprint density at radius 2 is 2.07 bits per heavy atom. The maximum absolute atomic E-state index is 6.05. The fraction of sp³-hybridized carbons (Fsp3) is 0.136. The molecule has 28 heavy (non-hydrogen) atoms. The summed E-state index contributed by atoms with van der Waals surface area (Å²) in [6.07, 6.45) is 4.94. The summed E-state index contributed by atoms with van der Waals surface area (Å²) < 4.78 is 4.01. The number of imidazole rings is 1. The summed E-state index contributed by atoms with van der Waals surface area (Å²) in [5, 5.41) is 9.12. The predicted octanol–water partition coefficient (Wildman–Crippen LogP) is 3.91. The Hall–Kier alpha value is -3.36. The van der Waals surface area contributed by atoms with Crippen LogP contribution < -0.4 is 0 Å². The van der Waals surface area contributed by atoms with Gasteiger partial charge in [0.2, 0.25) is 0 Å². The standard InChI is InChI=1S/C22H16ClN5/c1-15-8-9-20-22(10-15)28-18(13-25-26-28)12-21-19(24-14-27(20)21)7-3-5-16-4-2-6-17(23)11-16/h2,4,6,8-11,13-14H,5,12H2,1H3. The first-order valence-corrected chi connectivity index (χ1v) is 9.37. The van der Waals surface area contributed by atoms with Gasteiger partial charge in [-0.2, -0.15) is 0 Å². The van der Waals surface area contributed by atoms with Crippen LogP contribution >= 0.6 is 11.6 Å². The number of nitrogens with zero attached hydrogens (tertiary/aromatic N) is 5. The SMILES string of the molecule is Cc1ccc2c(c1)-n1nncc1Cc1c(C#CCc3cccc(Cl)c3)ncn1-2. The molecule has 0 bridgehead atoms. The largest absolute Gasteiger partial charge is 0.299 e. The van der Waals surface area contributed by atoms with Gasteiger partial charge in [0.15, 0.2) is 0 Å². The molecule has 0 amide bonds. The Bertz CT molecular complexity index is 1260. The highest BCUT2D eigenvalue weighted by atomic mass is 35.5. The van der Waals surface area contributed by atoms with Crippen LogP contribution in [-0.4, -0.2) is 24.5 Å². The molecular formula is C22H16ClN5. The molecule has 2 aromatic carbocycles. The van der Waals surface area contributed by atoms with Crippen molar-refractivity contribution in [1.29, 1.82) is 0 Å². The lowest BCUT2D eigenvalue weighted by molar-refractivity contribution is 0.777. The van der Waals surface area contributed by atoms with E-state index in [0.29, 0.717) is 12.8 Å². The van der Waals surface area contributed by atoms with Crippen LogP contribution in [0.3, 0.4) is 0 Å². The van der Waals surface area contributed by atoms with Crippen molar-refractivity contribution in [2.24, 2.45) is 0 Å². The molecule has 0 saturated carbocycles. The van der Waals surface area contributed by atoms with Crippen molar-refractivity contribution in [3.8, 4) is 23.2 Å². The molecule has 0 saturated heterocycles. The van der Waals surface area contributed by atoms with Gasteiger partial charge in [-0.3, -0.25) is 4.57 Å². The van der Waals surface area contributed by atoms with Crippen LogP contribution in [0.1, 0.15) is 28.2 Å². The number of halogens is 1. The fourth-order valence-electron chi connectivity index (χ4n) is 3.49. The molecule has 3 heterocycles. The Kier molecular flexibility index (Phi) is 4.00. The first-order chi connectivity index (χ1) is 13.7. The molecule has 0 aliphatic carbocycles. The van der Waals surface area contributed by atoms with Crippen LogP contribution in [0.2, 0.25) is 5.02 Å². The number of benzene rings is 2. The van der Waals surface area contributed by atoms with E-state index in [1.54, 1.807) is 6.20 Å². The summed E-state index contributed by atoms with van der Waals surface area (Å²) in [5.74, 6) is 6.47. The average molecular weight is 386 g/mol. The topological polar surface area (TPSA) is 48.5 Å². The van der Waals surface area contributed by atoms with E-state index in [0.717, 1.165) is 39.0 Å². The van der Waals surface area contributed by atoms with Crippen molar-refractivity contribution in [1.82, 2.24) is 24.5 Å². The Labute approximate surface area is 167 Å². The van der Waals surface area contributed by atoms with Crippen molar-refractivity contribution in [3.63, 3.8) is 0 Å². The smallest absolute Gasteiger partial charge is 0.135 e. The van der Waals surface area contributed by atoms with E-state index < -0.39 is 0 Å². The van der Waals surface area contributed by atoms with E-state index in [1.165, 1.54) is 5.56 Å². The number of hydrogen-bond donors (Lipinski definition) is 0. The molecule has 0 fully saturated rings. The van der Waals surface area contributed by atoms with Gasteiger partial charge in [-0.1, -0.05) is 40.9 Å². The van der Waals surface area contributed by atoms with Crippen molar-refractivity contribution in [2.75, 3.05) is 0 Å². The monoisotopic (exact) mass is 385 g/mol. The van der Waals surface area contributed by atoms with E-state index in [1.807, 2.05) is 35.3 Å². The molecule has 2 aromatic heterocycles. The molecule has 0 radical (unpaired) electrons. The Balaban J connectivity index is 1.57. The molecule has 5 rings (SSSR count). The minimum absolute atomic E-state index is 0.627. The van der Waals surface area contributed by atoms with Gasteiger partial charge >= 0.3 is 0 Å². The van der Waals surface area contributed by atoms with E-state index >= 15 is 0 Å². The second kappa shape index (κ2) is 6.66. The van der Waals surface area contributed by atoms with Crippen molar-refractivity contribution < 1.29 is 0 Å². The normalized spacial score (nSPS) is 11.6. The molecule has 0 atom stereocenters. The third-order valence-corrected chi connectivity index (χ3v) is 5.08. The van der Waals surface area contributed by atoms with E-state index in [9.17, 15) is 0 Å². The summed E-state index contributed by atoms with van der Waals surface area (Å²) in [7, 11) is 0. The lowest BCUT2D eigenvalue weighted by Crippen LogP contribution is -2.03. The first-order valence-electron chi connectivity index (χ1n) is 8.99. The zero-order chi connectivity index (χ0) is 19.1. The van der Waals surface area contributed by atoms with Gasteiger partial charge in [0.25, 0.3) is 0 Å². The van der Waals surface area contributed by atoms with Gasteiger partial charge in [-0.15, -0.1) is 5.10 Å². The maximum atomic E-state index is 6.05. The minimum Gasteiger partial charge on any atom is -0.299 e. The molecule has 4 aromatic rings. The van der Waals surface area contributed by atoms with Gasteiger partial charge in [-0.25, -0.2) is 9.67 Å². The summed E-state index contributed by atoms with van der Waals surface area (Å²) in [5.41, 5.74) is 7.14. The number of rotatable bonds is 1. The highest BCUT2D eigenvalue weighted by Crippen LogP contribution is 2.29. The summed E-state index contributed by atoms with van der Waals surface area (Å²) in [6.45, 7) is 2.07. The lowest BCUT2D eigenvalue weighted by atomic mass is 10.1. The van der Waals surface area contributed by atoms with Gasteiger partial charge in [-0.05, 0) is 48.2 Å². The third kappa shape index (κ3) is 2.88. The van der Waals surface area contributed by atoms with Crippen molar-refractivity contribution >= 4 is 11.6 Å². The summed E-state index contributed by atoms with van der Waals surface area (Å²) >= 11 is 6.05. The van der Waals surface area contributed by atoms with Crippen LogP contribution in [0, 0.1) is 18.8 Å².